The average molecular weight is 254 g/mol. The molecular weight excluding hydrogens is 246 g/mol. The minimum atomic E-state index is -0.620. The van der Waals surface area contributed by atoms with Crippen LogP contribution < -0.4 is 9.47 Å². The average Bonchev–Trinajstić information content (AvgIpc) is 2.36. The predicted octanol–water partition coefficient (Wildman–Crippen LogP) is 1.79. The molecule has 0 radical (unpaired) electrons. The molecule has 0 atom stereocenters. The molecule has 0 bridgehead atoms. The number of nitriles is 1. The van der Waals surface area contributed by atoms with E-state index in [1.165, 1.54) is 12.1 Å². The Kier molecular flexibility index (Phi) is 3.35. The van der Waals surface area contributed by atoms with E-state index in [0.29, 0.717) is 24.7 Å². The zero-order chi connectivity index (χ0) is 12.3. The molecule has 0 aliphatic carbocycles. The van der Waals surface area contributed by atoms with Gasteiger partial charge in [-0.3, -0.25) is 0 Å². The fraction of sp³-hybridized carbons (Fsp3) is 0.273. The number of nitrogens with zero attached hydrogens (tertiary/aromatic N) is 1. The van der Waals surface area contributed by atoms with Gasteiger partial charge >= 0.3 is 5.97 Å². The first-order valence-corrected chi connectivity index (χ1v) is 5.23. The summed E-state index contributed by atoms with van der Waals surface area (Å²) in [7, 11) is 0. The molecule has 0 saturated heterocycles. The summed E-state index contributed by atoms with van der Waals surface area (Å²) in [4.78, 5) is 11.5. The lowest BCUT2D eigenvalue weighted by molar-refractivity contribution is 0.0554. The number of hydrogen-bond acceptors (Lipinski definition) is 5. The molecule has 0 amide bonds. The van der Waals surface area contributed by atoms with Gasteiger partial charge in [0.25, 0.3) is 0 Å². The van der Waals surface area contributed by atoms with Crippen molar-refractivity contribution in [3.05, 3.63) is 22.7 Å². The molecule has 1 aromatic carbocycles. The van der Waals surface area contributed by atoms with Crippen molar-refractivity contribution in [2.75, 3.05) is 19.8 Å². The van der Waals surface area contributed by atoms with E-state index >= 15 is 0 Å². The third-order valence-corrected chi connectivity index (χ3v) is 2.38. The second-order valence-corrected chi connectivity index (χ2v) is 3.62. The topological polar surface area (TPSA) is 68.5 Å². The van der Waals surface area contributed by atoms with Crippen molar-refractivity contribution < 1.29 is 19.0 Å². The molecule has 88 valence electrons. The summed E-state index contributed by atoms with van der Waals surface area (Å²) >= 11 is 5.95. The van der Waals surface area contributed by atoms with E-state index in [4.69, 9.17) is 26.3 Å². The molecule has 2 rings (SSSR count). The predicted molar refractivity (Wildman–Crippen MR) is 58.3 cm³/mol. The highest BCUT2D eigenvalue weighted by atomic mass is 35.5. The number of ether oxygens (including phenoxy) is 3. The van der Waals surface area contributed by atoms with Gasteiger partial charge in [-0.15, -0.1) is 0 Å². The van der Waals surface area contributed by atoms with E-state index in [1.807, 2.05) is 0 Å². The van der Waals surface area contributed by atoms with E-state index in [-0.39, 0.29) is 17.2 Å². The van der Waals surface area contributed by atoms with Crippen LogP contribution in [0.3, 0.4) is 0 Å². The van der Waals surface area contributed by atoms with Crippen molar-refractivity contribution in [1.29, 1.82) is 5.26 Å². The third kappa shape index (κ3) is 2.43. The van der Waals surface area contributed by atoms with Crippen molar-refractivity contribution in [3.8, 4) is 17.6 Å². The van der Waals surface area contributed by atoms with Gasteiger partial charge in [0.2, 0.25) is 0 Å². The Hall–Kier alpha value is -1.93. The van der Waals surface area contributed by atoms with E-state index in [0.717, 1.165) is 0 Å². The van der Waals surface area contributed by atoms with Gasteiger partial charge in [-0.05, 0) is 12.1 Å². The van der Waals surface area contributed by atoms with Gasteiger partial charge < -0.3 is 14.2 Å². The lowest BCUT2D eigenvalue weighted by Gasteiger charge is -2.19. The van der Waals surface area contributed by atoms with Crippen molar-refractivity contribution >= 4 is 17.6 Å². The number of esters is 1. The SMILES string of the molecule is N#CCOC(=O)c1cc(Cl)c2c(c1)OCCO2. The first-order chi connectivity index (χ1) is 8.22. The molecule has 1 aliphatic rings. The van der Waals surface area contributed by atoms with Crippen LogP contribution in [-0.4, -0.2) is 25.8 Å². The molecule has 17 heavy (non-hydrogen) atoms. The summed E-state index contributed by atoms with van der Waals surface area (Å²) in [6, 6.07) is 4.62. The summed E-state index contributed by atoms with van der Waals surface area (Å²) in [5, 5.41) is 8.59. The van der Waals surface area contributed by atoms with Crippen LogP contribution in [0.4, 0.5) is 0 Å². The van der Waals surface area contributed by atoms with Gasteiger partial charge in [-0.25, -0.2) is 4.79 Å². The molecule has 0 fully saturated rings. The van der Waals surface area contributed by atoms with Crippen LogP contribution in [0.1, 0.15) is 10.4 Å². The molecule has 1 heterocycles. The number of carbonyl (C=O) groups is 1. The maximum Gasteiger partial charge on any atom is 0.339 e. The molecule has 0 unspecified atom stereocenters. The van der Waals surface area contributed by atoms with Gasteiger partial charge in [-0.2, -0.15) is 5.26 Å². The fourth-order valence-corrected chi connectivity index (χ4v) is 1.68. The summed E-state index contributed by atoms with van der Waals surface area (Å²) in [6.45, 7) is 0.524. The lowest BCUT2D eigenvalue weighted by Crippen LogP contribution is -2.16. The Morgan fingerprint density at radius 3 is 3.00 bits per heavy atom. The second kappa shape index (κ2) is 4.93. The first-order valence-electron chi connectivity index (χ1n) is 4.85. The molecule has 0 spiro atoms. The smallest absolute Gasteiger partial charge is 0.339 e. The number of hydrogen-bond donors (Lipinski definition) is 0. The van der Waals surface area contributed by atoms with E-state index in [9.17, 15) is 4.79 Å². The van der Waals surface area contributed by atoms with E-state index in [1.54, 1.807) is 6.07 Å². The monoisotopic (exact) mass is 253 g/mol. The maximum atomic E-state index is 11.5. The van der Waals surface area contributed by atoms with Crippen LogP contribution in [0, 0.1) is 11.3 Å². The van der Waals surface area contributed by atoms with Gasteiger partial charge in [0.05, 0.1) is 10.6 Å². The quantitative estimate of drug-likeness (QED) is 0.752. The summed E-state index contributed by atoms with van der Waals surface area (Å²) in [5.41, 5.74) is 0.231. The van der Waals surface area contributed by atoms with Gasteiger partial charge in [0, 0.05) is 0 Å². The molecule has 0 aromatic heterocycles. The van der Waals surface area contributed by atoms with Gasteiger partial charge in [-0.1, -0.05) is 11.6 Å². The number of fused-ring (bicyclic) bond motifs is 1. The minimum Gasteiger partial charge on any atom is -0.486 e. The van der Waals surface area contributed by atoms with E-state index < -0.39 is 5.97 Å². The van der Waals surface area contributed by atoms with Crippen LogP contribution in [0.2, 0.25) is 5.02 Å². The number of carbonyl (C=O) groups excluding carboxylic acids is 1. The molecule has 1 aromatic rings. The molecule has 5 nitrogen and oxygen atoms in total. The minimum absolute atomic E-state index is 0.231. The van der Waals surface area contributed by atoms with Gasteiger partial charge in [0.1, 0.15) is 19.3 Å². The maximum absolute atomic E-state index is 11.5. The lowest BCUT2D eigenvalue weighted by atomic mass is 10.2. The number of benzene rings is 1. The Bertz CT molecular complexity index is 495. The van der Waals surface area contributed by atoms with Crippen molar-refractivity contribution in [2.24, 2.45) is 0 Å². The number of halogens is 1. The van der Waals surface area contributed by atoms with E-state index in [2.05, 4.69) is 4.74 Å². The standard InChI is InChI=1S/C11H8ClNO4/c12-8-5-7(11(14)17-2-1-13)6-9-10(8)16-4-3-15-9/h5-6H,2-4H2. The van der Waals surface area contributed by atoms with Gasteiger partial charge in [0.15, 0.2) is 18.1 Å². The third-order valence-electron chi connectivity index (χ3n) is 2.10. The van der Waals surface area contributed by atoms with Crippen molar-refractivity contribution in [3.63, 3.8) is 0 Å². The fourth-order valence-electron chi connectivity index (χ4n) is 1.41. The molecule has 6 heteroatoms. The molecule has 0 saturated carbocycles. The Balaban J connectivity index is 2.28. The van der Waals surface area contributed by atoms with Crippen LogP contribution in [-0.2, 0) is 4.74 Å². The highest BCUT2D eigenvalue weighted by Gasteiger charge is 2.19. The molecule has 1 aliphatic heterocycles. The van der Waals surface area contributed by atoms with Crippen LogP contribution >= 0.6 is 11.6 Å². The highest BCUT2D eigenvalue weighted by Crippen LogP contribution is 2.38. The zero-order valence-corrected chi connectivity index (χ0v) is 9.49. The first kappa shape index (κ1) is 11.6. The largest absolute Gasteiger partial charge is 0.486 e. The summed E-state index contributed by atoms with van der Waals surface area (Å²) in [6.07, 6.45) is 0. The van der Waals surface area contributed by atoms with Crippen LogP contribution in [0.15, 0.2) is 12.1 Å². The zero-order valence-electron chi connectivity index (χ0n) is 8.73. The van der Waals surface area contributed by atoms with Crippen molar-refractivity contribution in [1.82, 2.24) is 0 Å². The second-order valence-electron chi connectivity index (χ2n) is 3.22. The number of rotatable bonds is 2. The van der Waals surface area contributed by atoms with Crippen LogP contribution in [0.25, 0.3) is 0 Å². The highest BCUT2D eigenvalue weighted by molar-refractivity contribution is 6.32. The molecular formula is C11H8ClNO4. The Morgan fingerprint density at radius 2 is 2.24 bits per heavy atom. The van der Waals surface area contributed by atoms with Crippen LogP contribution in [0.5, 0.6) is 11.5 Å². The van der Waals surface area contributed by atoms with Crippen molar-refractivity contribution in [2.45, 2.75) is 0 Å². The summed E-state index contributed by atoms with van der Waals surface area (Å²) < 4.78 is 15.3. The summed E-state index contributed by atoms with van der Waals surface area (Å²) in [5.74, 6) is 0.216. The normalized spacial score (nSPS) is 12.7. The Morgan fingerprint density at radius 1 is 1.47 bits per heavy atom. The Labute approximate surface area is 102 Å². The molecule has 0 N–H and O–H groups in total.